The van der Waals surface area contributed by atoms with E-state index in [4.69, 9.17) is 5.10 Å². The number of benzene rings is 2. The van der Waals surface area contributed by atoms with Crippen molar-refractivity contribution in [2.45, 2.75) is 11.3 Å². The number of piperazine rings is 1. The lowest BCUT2D eigenvalue weighted by molar-refractivity contribution is 0.313. The predicted molar refractivity (Wildman–Crippen MR) is 143 cm³/mol. The van der Waals surface area contributed by atoms with Crippen LogP contribution in [0.2, 0.25) is 0 Å². The van der Waals surface area contributed by atoms with Crippen LogP contribution < -0.4 is 15.5 Å². The van der Waals surface area contributed by atoms with Crippen LogP contribution in [0.15, 0.2) is 59.5 Å². The highest BCUT2D eigenvalue weighted by molar-refractivity contribution is 7.90. The van der Waals surface area contributed by atoms with E-state index in [-0.39, 0.29) is 4.90 Å². The predicted octanol–water partition coefficient (Wildman–Crippen LogP) is 3.26. The number of nitrogens with one attached hydrogen (secondary N) is 2. The molecular weight excluding hydrogens is 474 g/mol. The number of likely N-dealkylation sites (N-methyl/N-ethyl adjacent to an activating group) is 1. The van der Waals surface area contributed by atoms with Gasteiger partial charge in [-0.3, -0.25) is 0 Å². The van der Waals surface area contributed by atoms with Crippen molar-refractivity contribution in [1.29, 1.82) is 0 Å². The molecule has 10 heteroatoms. The van der Waals surface area contributed by atoms with Gasteiger partial charge in [0.2, 0.25) is 5.95 Å². The molecule has 2 aromatic carbocycles. The van der Waals surface area contributed by atoms with E-state index in [9.17, 15) is 8.42 Å². The third kappa shape index (κ3) is 4.38. The van der Waals surface area contributed by atoms with Crippen LogP contribution in [0.3, 0.4) is 0 Å². The number of hydrogen-bond donors (Lipinski definition) is 2. The fourth-order valence-electron chi connectivity index (χ4n) is 4.89. The second-order valence-electron chi connectivity index (χ2n) is 9.57. The molecule has 0 radical (unpaired) electrons. The smallest absolute Gasteiger partial charge is 0.247 e. The molecule has 1 fully saturated rings. The Morgan fingerprint density at radius 1 is 1.00 bits per heavy atom. The molecular formula is C26H29N7O2S. The molecule has 9 nitrogen and oxygen atoms in total. The normalized spacial score (nSPS) is 16.2. The van der Waals surface area contributed by atoms with E-state index in [2.05, 4.69) is 50.7 Å². The lowest BCUT2D eigenvalue weighted by Crippen LogP contribution is -2.44. The molecule has 0 unspecified atom stereocenters. The first-order valence-corrected chi connectivity index (χ1v) is 14.0. The van der Waals surface area contributed by atoms with E-state index >= 15 is 0 Å². The van der Waals surface area contributed by atoms with E-state index in [0.717, 1.165) is 56.1 Å². The van der Waals surface area contributed by atoms with Gasteiger partial charge in [-0.1, -0.05) is 12.1 Å². The summed E-state index contributed by atoms with van der Waals surface area (Å²) in [5, 5.41) is 11.4. The van der Waals surface area contributed by atoms with E-state index in [0.29, 0.717) is 17.3 Å². The summed E-state index contributed by atoms with van der Waals surface area (Å²) in [5.74, 6) is 0.417. The maximum atomic E-state index is 12.5. The standard InChI is InChI=1S/C26H29N7O2S/c1-31-10-12-32(13-11-31)21-15-20(16-22(17-21)36(2,34)35)28-26-29-25-5-3-4-24(33(25)30-26)19-6-7-23-18(14-19)8-9-27-23/h3-7,14-17,27H,8-13H2,1-2H3,(H,28,30). The lowest BCUT2D eigenvalue weighted by Gasteiger charge is -2.34. The summed E-state index contributed by atoms with van der Waals surface area (Å²) in [6.07, 6.45) is 2.25. The summed E-state index contributed by atoms with van der Waals surface area (Å²) in [5.41, 5.74) is 6.76. The Hall–Kier alpha value is -3.63. The average molecular weight is 504 g/mol. The van der Waals surface area contributed by atoms with Crippen molar-refractivity contribution in [1.82, 2.24) is 19.5 Å². The number of aromatic nitrogens is 3. The first kappa shape index (κ1) is 22.8. The average Bonchev–Trinajstić information content (AvgIpc) is 3.49. The van der Waals surface area contributed by atoms with Crippen LogP contribution in [-0.4, -0.2) is 73.9 Å². The molecule has 186 valence electrons. The molecule has 0 amide bonds. The lowest BCUT2D eigenvalue weighted by atomic mass is 10.1. The molecule has 2 aromatic heterocycles. The van der Waals surface area contributed by atoms with Crippen molar-refractivity contribution < 1.29 is 8.42 Å². The van der Waals surface area contributed by atoms with Gasteiger partial charge in [-0.05, 0) is 61.5 Å². The number of nitrogens with zero attached hydrogens (tertiary/aromatic N) is 5. The summed E-state index contributed by atoms with van der Waals surface area (Å²) in [6.45, 7) is 4.51. The second kappa shape index (κ2) is 8.79. The molecule has 36 heavy (non-hydrogen) atoms. The van der Waals surface area contributed by atoms with Gasteiger partial charge in [0.1, 0.15) is 0 Å². The Morgan fingerprint density at radius 2 is 1.83 bits per heavy atom. The molecule has 0 atom stereocenters. The number of hydrogen-bond acceptors (Lipinski definition) is 8. The molecule has 4 aromatic rings. The highest BCUT2D eigenvalue weighted by Gasteiger charge is 2.19. The van der Waals surface area contributed by atoms with Crippen molar-refractivity contribution in [3.8, 4) is 11.3 Å². The van der Waals surface area contributed by atoms with E-state index in [1.807, 2.05) is 28.8 Å². The first-order valence-electron chi connectivity index (χ1n) is 12.1. The minimum Gasteiger partial charge on any atom is -0.384 e. The molecule has 0 spiro atoms. The summed E-state index contributed by atoms with van der Waals surface area (Å²) in [6, 6.07) is 17.7. The second-order valence-corrected chi connectivity index (χ2v) is 11.6. The summed E-state index contributed by atoms with van der Waals surface area (Å²) in [7, 11) is -1.29. The highest BCUT2D eigenvalue weighted by atomic mass is 32.2. The monoisotopic (exact) mass is 503 g/mol. The molecule has 2 N–H and O–H groups in total. The number of pyridine rings is 1. The van der Waals surface area contributed by atoms with Crippen LogP contribution in [-0.2, 0) is 16.3 Å². The summed E-state index contributed by atoms with van der Waals surface area (Å²) in [4.78, 5) is 9.43. The number of rotatable bonds is 5. The zero-order valence-electron chi connectivity index (χ0n) is 20.4. The maximum Gasteiger partial charge on any atom is 0.247 e. The van der Waals surface area contributed by atoms with E-state index in [1.165, 1.54) is 17.5 Å². The minimum absolute atomic E-state index is 0.276. The van der Waals surface area contributed by atoms with Gasteiger partial charge in [0.25, 0.3) is 0 Å². The van der Waals surface area contributed by atoms with Crippen molar-refractivity contribution in [3.05, 3.63) is 60.2 Å². The van der Waals surface area contributed by atoms with Crippen LogP contribution >= 0.6 is 0 Å². The molecule has 0 bridgehead atoms. The molecule has 2 aliphatic rings. The van der Waals surface area contributed by atoms with Crippen LogP contribution in [0.5, 0.6) is 0 Å². The zero-order valence-corrected chi connectivity index (χ0v) is 21.2. The SMILES string of the molecule is CN1CCN(c2cc(Nc3nc4cccc(-c5ccc6c(c5)CCN6)n4n3)cc(S(C)(=O)=O)c2)CC1. The summed E-state index contributed by atoms with van der Waals surface area (Å²) < 4.78 is 26.7. The Morgan fingerprint density at radius 3 is 2.64 bits per heavy atom. The van der Waals surface area contributed by atoms with Gasteiger partial charge < -0.3 is 20.4 Å². The number of sulfone groups is 1. The van der Waals surface area contributed by atoms with Gasteiger partial charge in [0.05, 0.1) is 10.6 Å². The Bertz CT molecular complexity index is 1560. The fourth-order valence-corrected chi connectivity index (χ4v) is 5.56. The molecule has 6 rings (SSSR count). The van der Waals surface area contributed by atoms with Crippen LogP contribution in [0.4, 0.5) is 23.0 Å². The van der Waals surface area contributed by atoms with Crippen LogP contribution in [0, 0.1) is 0 Å². The van der Waals surface area contributed by atoms with Gasteiger partial charge in [-0.15, -0.1) is 5.10 Å². The van der Waals surface area contributed by atoms with Crippen molar-refractivity contribution in [2.24, 2.45) is 0 Å². The van der Waals surface area contributed by atoms with Crippen LogP contribution in [0.25, 0.3) is 16.9 Å². The molecule has 1 saturated heterocycles. The fraction of sp³-hybridized carbons (Fsp3) is 0.308. The van der Waals surface area contributed by atoms with E-state index < -0.39 is 9.84 Å². The van der Waals surface area contributed by atoms with Crippen molar-refractivity contribution in [2.75, 3.05) is 61.6 Å². The Labute approximate surface area is 210 Å². The third-order valence-corrected chi connectivity index (χ3v) is 8.01. The quantitative estimate of drug-likeness (QED) is 0.429. The van der Waals surface area contributed by atoms with Crippen LogP contribution in [0.1, 0.15) is 5.56 Å². The van der Waals surface area contributed by atoms with Crippen molar-refractivity contribution >= 4 is 38.5 Å². The molecule has 2 aliphatic heterocycles. The largest absolute Gasteiger partial charge is 0.384 e. The zero-order chi connectivity index (χ0) is 24.9. The third-order valence-electron chi connectivity index (χ3n) is 6.91. The minimum atomic E-state index is -3.39. The Kier molecular flexibility index (Phi) is 5.57. The topological polar surface area (TPSA) is 94.9 Å². The van der Waals surface area contributed by atoms with Gasteiger partial charge in [-0.25, -0.2) is 12.9 Å². The van der Waals surface area contributed by atoms with Gasteiger partial charge >= 0.3 is 0 Å². The molecule has 4 heterocycles. The maximum absolute atomic E-state index is 12.5. The van der Waals surface area contributed by atoms with Gasteiger partial charge in [0, 0.05) is 61.6 Å². The Balaban J connectivity index is 1.35. The highest BCUT2D eigenvalue weighted by Crippen LogP contribution is 2.30. The van der Waals surface area contributed by atoms with Gasteiger partial charge in [0.15, 0.2) is 15.5 Å². The number of fused-ring (bicyclic) bond motifs is 2. The first-order chi connectivity index (χ1) is 17.3. The number of anilines is 4. The van der Waals surface area contributed by atoms with Crippen molar-refractivity contribution in [3.63, 3.8) is 0 Å². The summed E-state index contributed by atoms with van der Waals surface area (Å²) >= 11 is 0. The molecule has 0 aliphatic carbocycles. The van der Waals surface area contributed by atoms with E-state index in [1.54, 1.807) is 12.1 Å². The molecule has 0 saturated carbocycles. The van der Waals surface area contributed by atoms with Gasteiger partial charge in [-0.2, -0.15) is 4.98 Å².